The van der Waals surface area contributed by atoms with Crippen LogP contribution in [0.25, 0.3) is 0 Å². The first-order valence-electron chi connectivity index (χ1n) is 6.61. The zero-order valence-electron chi connectivity index (χ0n) is 12.3. The first-order valence-corrected chi connectivity index (χ1v) is 6.61. The van der Waals surface area contributed by atoms with Crippen LogP contribution in [-0.2, 0) is 11.3 Å². The highest BCUT2D eigenvalue weighted by Gasteiger charge is 2.27. The van der Waals surface area contributed by atoms with Crippen molar-refractivity contribution in [2.75, 3.05) is 13.2 Å². The number of ether oxygens (including phenoxy) is 1. The maximum atomic E-state index is 13.1. The molecule has 1 unspecified atom stereocenters. The lowest BCUT2D eigenvalue weighted by Crippen LogP contribution is -2.42. The van der Waals surface area contributed by atoms with Gasteiger partial charge in [0.1, 0.15) is 12.4 Å². The minimum atomic E-state index is -4.39. The monoisotopic (exact) mass is 322 g/mol. The number of urea groups is 1. The van der Waals surface area contributed by atoms with Crippen LogP contribution in [0.3, 0.4) is 0 Å². The second-order valence-electron chi connectivity index (χ2n) is 4.94. The SMILES string of the molecule is Cc1cc(CNC(=O)NC(C)COCC(F)(F)F)ccc1F. The molecule has 0 aliphatic heterocycles. The molecule has 124 valence electrons. The summed E-state index contributed by atoms with van der Waals surface area (Å²) >= 11 is 0. The summed E-state index contributed by atoms with van der Waals surface area (Å²) in [5.74, 6) is -0.330. The van der Waals surface area contributed by atoms with Gasteiger partial charge in [-0.3, -0.25) is 0 Å². The number of aryl methyl sites for hydroxylation is 1. The number of benzene rings is 1. The van der Waals surface area contributed by atoms with Crippen LogP contribution in [-0.4, -0.2) is 31.5 Å². The molecule has 22 heavy (non-hydrogen) atoms. The average Bonchev–Trinajstić information content (AvgIpc) is 2.38. The minimum absolute atomic E-state index is 0.184. The molecule has 0 heterocycles. The smallest absolute Gasteiger partial charge is 0.370 e. The van der Waals surface area contributed by atoms with Crippen LogP contribution in [0.2, 0.25) is 0 Å². The predicted octanol–water partition coefficient (Wildman–Crippen LogP) is 2.90. The summed E-state index contributed by atoms with van der Waals surface area (Å²) in [6.07, 6.45) is -4.39. The molecule has 0 radical (unpaired) electrons. The van der Waals surface area contributed by atoms with Gasteiger partial charge in [0.2, 0.25) is 0 Å². The summed E-state index contributed by atoms with van der Waals surface area (Å²) in [5.41, 5.74) is 1.18. The van der Waals surface area contributed by atoms with E-state index in [0.717, 1.165) is 5.56 Å². The zero-order valence-corrected chi connectivity index (χ0v) is 12.3. The number of nitrogens with one attached hydrogen (secondary N) is 2. The molecule has 2 N–H and O–H groups in total. The molecule has 1 aromatic carbocycles. The van der Waals surface area contributed by atoms with E-state index in [4.69, 9.17) is 0 Å². The Labute approximate surface area is 125 Å². The van der Waals surface area contributed by atoms with Crippen molar-refractivity contribution >= 4 is 6.03 Å². The van der Waals surface area contributed by atoms with Crippen LogP contribution in [0, 0.1) is 12.7 Å². The fourth-order valence-electron chi connectivity index (χ4n) is 1.67. The van der Waals surface area contributed by atoms with Crippen LogP contribution in [0.15, 0.2) is 18.2 Å². The Morgan fingerprint density at radius 1 is 1.36 bits per heavy atom. The number of carbonyl (C=O) groups is 1. The van der Waals surface area contributed by atoms with E-state index in [1.165, 1.54) is 13.0 Å². The molecule has 4 nitrogen and oxygen atoms in total. The molecule has 1 rings (SSSR count). The normalized spacial score (nSPS) is 12.8. The molecule has 0 spiro atoms. The molecule has 0 aliphatic carbocycles. The highest BCUT2D eigenvalue weighted by molar-refractivity contribution is 5.74. The third-order valence-corrected chi connectivity index (χ3v) is 2.69. The Bertz CT molecular complexity index is 506. The maximum Gasteiger partial charge on any atom is 0.411 e. The van der Waals surface area contributed by atoms with E-state index in [1.807, 2.05) is 0 Å². The second-order valence-corrected chi connectivity index (χ2v) is 4.94. The van der Waals surface area contributed by atoms with E-state index in [1.54, 1.807) is 19.1 Å². The van der Waals surface area contributed by atoms with Gasteiger partial charge in [0.05, 0.1) is 12.6 Å². The number of amides is 2. The molecule has 8 heteroatoms. The van der Waals surface area contributed by atoms with E-state index in [2.05, 4.69) is 15.4 Å². The van der Waals surface area contributed by atoms with Crippen molar-refractivity contribution in [3.8, 4) is 0 Å². The van der Waals surface area contributed by atoms with Crippen LogP contribution in [0.4, 0.5) is 22.4 Å². The van der Waals surface area contributed by atoms with Gasteiger partial charge in [-0.25, -0.2) is 9.18 Å². The predicted molar refractivity (Wildman–Crippen MR) is 72.8 cm³/mol. The third kappa shape index (κ3) is 7.26. The average molecular weight is 322 g/mol. The molecular formula is C14H18F4N2O2. The standard InChI is InChI=1S/C14H18F4N2O2/c1-9-5-11(3-4-12(9)15)6-19-13(21)20-10(2)7-22-8-14(16,17)18/h3-5,10H,6-8H2,1-2H3,(H2,19,20,21). The van der Waals surface area contributed by atoms with Gasteiger partial charge in [0, 0.05) is 6.54 Å². The van der Waals surface area contributed by atoms with Crippen LogP contribution in [0.5, 0.6) is 0 Å². The highest BCUT2D eigenvalue weighted by atomic mass is 19.4. The van der Waals surface area contributed by atoms with Crippen molar-refractivity contribution in [3.05, 3.63) is 35.1 Å². The van der Waals surface area contributed by atoms with E-state index in [9.17, 15) is 22.4 Å². The number of alkyl halides is 3. The van der Waals surface area contributed by atoms with Crippen molar-refractivity contribution in [2.45, 2.75) is 32.6 Å². The number of hydrogen-bond donors (Lipinski definition) is 2. The van der Waals surface area contributed by atoms with Gasteiger partial charge in [-0.15, -0.1) is 0 Å². The number of rotatable bonds is 6. The minimum Gasteiger partial charge on any atom is -0.370 e. The van der Waals surface area contributed by atoms with Crippen LogP contribution >= 0.6 is 0 Å². The first kappa shape index (κ1) is 18.2. The maximum absolute atomic E-state index is 13.1. The number of hydrogen-bond acceptors (Lipinski definition) is 2. The van der Waals surface area contributed by atoms with Crippen LogP contribution < -0.4 is 10.6 Å². The van der Waals surface area contributed by atoms with Crippen molar-refractivity contribution in [2.24, 2.45) is 0 Å². The third-order valence-electron chi connectivity index (χ3n) is 2.69. The fraction of sp³-hybridized carbons (Fsp3) is 0.500. The van der Waals surface area contributed by atoms with Crippen molar-refractivity contribution in [1.29, 1.82) is 0 Å². The van der Waals surface area contributed by atoms with Crippen molar-refractivity contribution < 1.29 is 27.1 Å². The number of carbonyl (C=O) groups excluding carboxylic acids is 1. The summed E-state index contributed by atoms with van der Waals surface area (Å²) in [4.78, 5) is 11.6. The van der Waals surface area contributed by atoms with Crippen molar-refractivity contribution in [3.63, 3.8) is 0 Å². The topological polar surface area (TPSA) is 50.4 Å². The zero-order chi connectivity index (χ0) is 16.8. The molecule has 0 bridgehead atoms. The molecule has 1 aromatic rings. The summed E-state index contributed by atoms with van der Waals surface area (Å²) in [5, 5.41) is 4.98. The molecule has 0 aliphatic rings. The van der Waals surface area contributed by atoms with E-state index in [-0.39, 0.29) is 19.0 Å². The molecule has 0 saturated carbocycles. The Morgan fingerprint density at radius 3 is 2.64 bits per heavy atom. The summed E-state index contributed by atoms with van der Waals surface area (Å²) in [7, 11) is 0. The van der Waals surface area contributed by atoms with E-state index >= 15 is 0 Å². The lowest BCUT2D eigenvalue weighted by atomic mass is 10.1. The Kier molecular flexibility index (Phi) is 6.61. The van der Waals surface area contributed by atoms with Gasteiger partial charge < -0.3 is 15.4 Å². The first-order chi connectivity index (χ1) is 10.2. The van der Waals surface area contributed by atoms with Gasteiger partial charge >= 0.3 is 12.2 Å². The summed E-state index contributed by atoms with van der Waals surface area (Å²) in [6, 6.07) is 3.34. The van der Waals surface area contributed by atoms with Crippen molar-refractivity contribution in [1.82, 2.24) is 10.6 Å². The number of halogens is 4. The summed E-state index contributed by atoms with van der Waals surface area (Å²) in [6.45, 7) is 1.72. The molecule has 0 aromatic heterocycles. The molecule has 2 amide bonds. The molecular weight excluding hydrogens is 304 g/mol. The lowest BCUT2D eigenvalue weighted by Gasteiger charge is -2.15. The quantitative estimate of drug-likeness (QED) is 0.791. The van der Waals surface area contributed by atoms with Gasteiger partial charge in [-0.1, -0.05) is 12.1 Å². The lowest BCUT2D eigenvalue weighted by molar-refractivity contribution is -0.174. The summed E-state index contributed by atoms with van der Waals surface area (Å²) < 4.78 is 53.2. The molecule has 0 fully saturated rings. The Hall–Kier alpha value is -1.83. The van der Waals surface area contributed by atoms with Gasteiger partial charge in [0.25, 0.3) is 0 Å². The van der Waals surface area contributed by atoms with Gasteiger partial charge in [-0.2, -0.15) is 13.2 Å². The largest absolute Gasteiger partial charge is 0.411 e. The van der Waals surface area contributed by atoms with Crippen LogP contribution in [0.1, 0.15) is 18.1 Å². The van der Waals surface area contributed by atoms with E-state index < -0.39 is 24.9 Å². The Balaban J connectivity index is 2.29. The second kappa shape index (κ2) is 7.98. The molecule has 1 atom stereocenters. The molecule has 0 saturated heterocycles. The van der Waals surface area contributed by atoms with Gasteiger partial charge in [-0.05, 0) is 31.0 Å². The Morgan fingerprint density at radius 2 is 2.05 bits per heavy atom. The van der Waals surface area contributed by atoms with Gasteiger partial charge in [0.15, 0.2) is 0 Å². The van der Waals surface area contributed by atoms with E-state index in [0.29, 0.717) is 5.56 Å². The fourth-order valence-corrected chi connectivity index (χ4v) is 1.67. The highest BCUT2D eigenvalue weighted by Crippen LogP contribution is 2.14.